The third kappa shape index (κ3) is 7.92. The molecule has 1 fully saturated rings. The van der Waals surface area contributed by atoms with E-state index in [-0.39, 0.29) is 53.3 Å². The zero-order valence-corrected chi connectivity index (χ0v) is 25.6. The van der Waals surface area contributed by atoms with Gasteiger partial charge in [0.25, 0.3) is 0 Å². The lowest BCUT2D eigenvalue weighted by Gasteiger charge is -2.23. The zero-order valence-electron chi connectivity index (χ0n) is 25.6. The number of fused-ring (bicyclic) bond motifs is 2. The Hall–Kier alpha value is -4.60. The van der Waals surface area contributed by atoms with Crippen LogP contribution in [0.15, 0.2) is 67.0 Å². The molecule has 3 N–H and O–H groups in total. The minimum Gasteiger partial charge on any atom is -0.507 e. The highest BCUT2D eigenvalue weighted by atomic mass is 16.5. The SMILES string of the molecule is CCCC(CC(=O)O)c1c(O)c2ccccc2oc1=O.CCCOC(=O)CC(c1c(O)c2ccccc2oc1=O)C1CCCC1. The second-order valence-corrected chi connectivity index (χ2v) is 11.5. The van der Waals surface area contributed by atoms with Gasteiger partial charge in [-0.2, -0.15) is 0 Å². The average Bonchev–Trinajstić information content (AvgIpc) is 3.55. The summed E-state index contributed by atoms with van der Waals surface area (Å²) >= 11 is 0. The number of rotatable bonds is 11. The lowest BCUT2D eigenvalue weighted by molar-refractivity contribution is -0.144. The number of carbonyl (C=O) groups is 2. The van der Waals surface area contributed by atoms with Crippen molar-refractivity contribution in [2.24, 2.45) is 5.92 Å². The van der Waals surface area contributed by atoms with Gasteiger partial charge in [-0.05, 0) is 55.9 Å². The van der Waals surface area contributed by atoms with Crippen molar-refractivity contribution in [3.8, 4) is 11.5 Å². The molecule has 5 rings (SSSR count). The average molecular weight is 621 g/mol. The highest BCUT2D eigenvalue weighted by molar-refractivity contribution is 5.85. The van der Waals surface area contributed by atoms with E-state index in [1.807, 2.05) is 13.8 Å². The molecule has 45 heavy (non-hydrogen) atoms. The van der Waals surface area contributed by atoms with E-state index in [4.69, 9.17) is 18.7 Å². The Morgan fingerprint density at radius 1 is 0.822 bits per heavy atom. The second kappa shape index (κ2) is 15.4. The maximum Gasteiger partial charge on any atom is 0.343 e. The highest BCUT2D eigenvalue weighted by Crippen LogP contribution is 2.43. The molecule has 1 saturated carbocycles. The third-order valence-corrected chi connectivity index (χ3v) is 8.30. The molecule has 2 heterocycles. The number of aliphatic carboxylic acids is 1. The van der Waals surface area contributed by atoms with Crippen molar-refractivity contribution in [1.82, 2.24) is 0 Å². The van der Waals surface area contributed by atoms with Gasteiger partial charge >= 0.3 is 23.2 Å². The van der Waals surface area contributed by atoms with Crippen LogP contribution >= 0.6 is 0 Å². The summed E-state index contributed by atoms with van der Waals surface area (Å²) in [5.41, 5.74) is -0.291. The van der Waals surface area contributed by atoms with E-state index in [1.165, 1.54) is 0 Å². The van der Waals surface area contributed by atoms with Gasteiger partial charge in [0.05, 0.1) is 41.3 Å². The number of benzene rings is 2. The molecule has 0 aliphatic heterocycles. The van der Waals surface area contributed by atoms with Gasteiger partial charge in [-0.1, -0.05) is 57.4 Å². The van der Waals surface area contributed by atoms with Gasteiger partial charge in [-0.3, -0.25) is 9.59 Å². The molecule has 0 radical (unpaired) electrons. The van der Waals surface area contributed by atoms with E-state index in [0.29, 0.717) is 41.4 Å². The quantitative estimate of drug-likeness (QED) is 0.118. The molecule has 10 heteroatoms. The van der Waals surface area contributed by atoms with Crippen LogP contribution in [0.5, 0.6) is 11.5 Å². The molecule has 240 valence electrons. The first-order valence-corrected chi connectivity index (χ1v) is 15.5. The summed E-state index contributed by atoms with van der Waals surface area (Å²) in [5.74, 6) is -2.29. The highest BCUT2D eigenvalue weighted by Gasteiger charge is 2.34. The normalized spacial score (nSPS) is 14.5. The summed E-state index contributed by atoms with van der Waals surface area (Å²) in [6.07, 6.45) is 5.90. The first kappa shape index (κ1) is 33.3. The minimum atomic E-state index is -1.00. The van der Waals surface area contributed by atoms with Crippen molar-refractivity contribution in [3.63, 3.8) is 0 Å². The molecular weight excluding hydrogens is 580 g/mol. The lowest BCUT2D eigenvalue weighted by atomic mass is 9.82. The molecule has 0 amide bonds. The Bertz CT molecular complexity index is 1750. The molecule has 2 aromatic heterocycles. The van der Waals surface area contributed by atoms with E-state index < -0.39 is 23.1 Å². The van der Waals surface area contributed by atoms with E-state index in [0.717, 1.165) is 32.1 Å². The Morgan fingerprint density at radius 3 is 1.89 bits per heavy atom. The standard InChI is InChI=1S/C20H24O5.C15H16O5/c1-2-11-24-17(21)12-15(13-7-3-4-8-13)18-19(22)14-9-5-6-10-16(14)25-20(18)23;1-2-5-9(8-12(16)17)13-14(18)10-6-3-4-7-11(10)20-15(13)19/h5-6,9-10,13,15,22H,2-4,7-8,11-12H2,1H3;3-4,6-7,9,18H,2,5,8H2,1H3,(H,16,17). The van der Waals surface area contributed by atoms with Gasteiger partial charge in [-0.25, -0.2) is 9.59 Å². The Morgan fingerprint density at radius 2 is 1.36 bits per heavy atom. The second-order valence-electron chi connectivity index (χ2n) is 11.5. The van der Waals surface area contributed by atoms with Crippen LogP contribution in [0, 0.1) is 5.92 Å². The molecule has 2 unspecified atom stereocenters. The van der Waals surface area contributed by atoms with Crippen LogP contribution in [0.1, 0.15) is 94.6 Å². The summed E-state index contributed by atoms with van der Waals surface area (Å²) in [7, 11) is 0. The van der Waals surface area contributed by atoms with Crippen LogP contribution in [0.2, 0.25) is 0 Å². The van der Waals surface area contributed by atoms with Crippen molar-refractivity contribution in [3.05, 3.63) is 80.5 Å². The maximum atomic E-state index is 12.6. The van der Waals surface area contributed by atoms with Gasteiger partial charge in [0, 0.05) is 11.8 Å². The zero-order chi connectivity index (χ0) is 32.5. The minimum absolute atomic E-state index is 0.0629. The summed E-state index contributed by atoms with van der Waals surface area (Å²) in [5, 5.41) is 30.9. The lowest BCUT2D eigenvalue weighted by Crippen LogP contribution is -2.22. The van der Waals surface area contributed by atoms with E-state index in [1.54, 1.807) is 48.5 Å². The fourth-order valence-corrected chi connectivity index (χ4v) is 6.21. The number of carboxylic acid groups (broad SMARTS) is 1. The molecule has 10 nitrogen and oxygen atoms in total. The number of esters is 1. The molecule has 1 aliphatic carbocycles. The topological polar surface area (TPSA) is 164 Å². The summed E-state index contributed by atoms with van der Waals surface area (Å²) in [4.78, 5) is 47.7. The predicted octanol–water partition coefficient (Wildman–Crippen LogP) is 6.97. The van der Waals surface area contributed by atoms with Gasteiger partial charge in [0.1, 0.15) is 22.7 Å². The summed E-state index contributed by atoms with van der Waals surface area (Å²) < 4.78 is 15.8. The van der Waals surface area contributed by atoms with Crippen molar-refractivity contribution in [1.29, 1.82) is 0 Å². The van der Waals surface area contributed by atoms with E-state index in [2.05, 4.69) is 0 Å². The molecule has 2 aromatic carbocycles. The van der Waals surface area contributed by atoms with Crippen LogP contribution < -0.4 is 11.3 Å². The Balaban J connectivity index is 0.000000210. The van der Waals surface area contributed by atoms with Crippen molar-refractivity contribution >= 4 is 33.9 Å². The molecule has 1 aliphatic rings. The smallest absolute Gasteiger partial charge is 0.343 e. The first-order chi connectivity index (χ1) is 21.7. The summed E-state index contributed by atoms with van der Waals surface area (Å²) in [6.45, 7) is 4.20. The van der Waals surface area contributed by atoms with Crippen molar-refractivity contribution in [2.75, 3.05) is 6.61 Å². The number of ether oxygens (including phenoxy) is 1. The monoisotopic (exact) mass is 620 g/mol. The van der Waals surface area contributed by atoms with Crippen molar-refractivity contribution in [2.45, 2.75) is 83.5 Å². The molecule has 4 aromatic rings. The number of carbonyl (C=O) groups excluding carboxylic acids is 1. The van der Waals surface area contributed by atoms with E-state index >= 15 is 0 Å². The van der Waals surface area contributed by atoms with Crippen LogP contribution in [-0.2, 0) is 14.3 Å². The van der Waals surface area contributed by atoms with Gasteiger partial charge in [0.15, 0.2) is 0 Å². The Kier molecular flexibility index (Phi) is 11.4. The number of carboxylic acids is 1. The van der Waals surface area contributed by atoms with Crippen LogP contribution in [-0.4, -0.2) is 33.9 Å². The predicted molar refractivity (Wildman–Crippen MR) is 169 cm³/mol. The van der Waals surface area contributed by atoms with Crippen molar-refractivity contribution < 1.29 is 38.5 Å². The fourth-order valence-electron chi connectivity index (χ4n) is 6.21. The molecule has 0 saturated heterocycles. The largest absolute Gasteiger partial charge is 0.507 e. The molecule has 0 spiro atoms. The fraction of sp³-hybridized carbons (Fsp3) is 0.429. The first-order valence-electron chi connectivity index (χ1n) is 15.5. The van der Waals surface area contributed by atoms with Gasteiger partial charge < -0.3 is 28.9 Å². The van der Waals surface area contributed by atoms with Gasteiger partial charge in [-0.15, -0.1) is 0 Å². The number of aromatic hydroxyl groups is 2. The summed E-state index contributed by atoms with van der Waals surface area (Å²) in [6, 6.07) is 13.6. The van der Waals surface area contributed by atoms with Crippen LogP contribution in [0.25, 0.3) is 21.9 Å². The van der Waals surface area contributed by atoms with Crippen LogP contribution in [0.4, 0.5) is 0 Å². The molecule has 0 bridgehead atoms. The number of para-hydroxylation sites is 2. The van der Waals surface area contributed by atoms with E-state index in [9.17, 15) is 29.4 Å². The number of hydrogen-bond donors (Lipinski definition) is 3. The Labute approximate surface area is 260 Å². The third-order valence-electron chi connectivity index (χ3n) is 8.30. The van der Waals surface area contributed by atoms with Gasteiger partial charge in [0.2, 0.25) is 0 Å². The number of hydrogen-bond acceptors (Lipinski definition) is 9. The van der Waals surface area contributed by atoms with Crippen LogP contribution in [0.3, 0.4) is 0 Å². The molecule has 2 atom stereocenters. The maximum absolute atomic E-state index is 12.6. The molecular formula is C35H40O10.